The van der Waals surface area contributed by atoms with Crippen molar-refractivity contribution in [2.75, 3.05) is 12.4 Å². The van der Waals surface area contributed by atoms with Gasteiger partial charge >= 0.3 is 0 Å². The number of anilines is 1. The van der Waals surface area contributed by atoms with Crippen LogP contribution in [-0.2, 0) is 20.4 Å². The van der Waals surface area contributed by atoms with Crippen molar-refractivity contribution in [3.05, 3.63) is 35.9 Å². The second-order valence-corrected chi connectivity index (χ2v) is 8.15. The summed E-state index contributed by atoms with van der Waals surface area (Å²) in [6.45, 7) is 3.23. The average molecular weight is 378 g/mol. The Hall–Kier alpha value is -2.39. The lowest BCUT2D eigenvalue weighted by Crippen LogP contribution is -2.51. The molecule has 1 saturated carbocycles. The van der Waals surface area contributed by atoms with Crippen LogP contribution in [0.1, 0.15) is 37.7 Å². The molecule has 0 radical (unpaired) electrons. The highest BCUT2D eigenvalue weighted by Crippen LogP contribution is 2.41. The van der Waals surface area contributed by atoms with Gasteiger partial charge in [0.05, 0.1) is 12.6 Å². The number of methoxy groups -OCH3 is 1. The fraction of sp³-hybridized carbons (Fsp3) is 0.412. The van der Waals surface area contributed by atoms with E-state index in [9.17, 15) is 13.2 Å². The van der Waals surface area contributed by atoms with Crippen molar-refractivity contribution in [3.63, 3.8) is 0 Å². The van der Waals surface area contributed by atoms with Gasteiger partial charge in [-0.1, -0.05) is 0 Å². The van der Waals surface area contributed by atoms with E-state index in [1.165, 1.54) is 26.2 Å². The van der Waals surface area contributed by atoms with Crippen LogP contribution < -0.4 is 14.8 Å². The maximum absolute atomic E-state index is 13.1. The van der Waals surface area contributed by atoms with Crippen LogP contribution in [0.5, 0.6) is 5.75 Å². The highest BCUT2D eigenvalue weighted by molar-refractivity contribution is 7.89. The molecule has 0 unspecified atom stereocenters. The highest BCUT2D eigenvalue weighted by atomic mass is 32.2. The molecule has 2 aromatic rings. The SMILES string of the molecule is COc1ccc(NC(C)=O)cc1S(=O)(=O)NC1(c2ncc(C)[nH]2)CCC1. The number of ether oxygens (including phenoxy) is 1. The zero-order valence-electron chi connectivity index (χ0n) is 14.9. The summed E-state index contributed by atoms with van der Waals surface area (Å²) in [4.78, 5) is 18.7. The Bertz CT molecular complexity index is 932. The summed E-state index contributed by atoms with van der Waals surface area (Å²) in [6.07, 6.45) is 3.91. The summed E-state index contributed by atoms with van der Waals surface area (Å²) in [5, 5.41) is 2.59. The molecule has 1 fully saturated rings. The fourth-order valence-electron chi connectivity index (χ4n) is 3.05. The minimum Gasteiger partial charge on any atom is -0.495 e. The van der Waals surface area contributed by atoms with Gasteiger partial charge in [-0.2, -0.15) is 4.72 Å². The number of carbonyl (C=O) groups is 1. The van der Waals surface area contributed by atoms with Crippen LogP contribution >= 0.6 is 0 Å². The zero-order valence-corrected chi connectivity index (χ0v) is 15.7. The van der Waals surface area contributed by atoms with E-state index in [1.54, 1.807) is 12.3 Å². The predicted molar refractivity (Wildman–Crippen MR) is 96.5 cm³/mol. The molecule has 8 nitrogen and oxygen atoms in total. The summed E-state index contributed by atoms with van der Waals surface area (Å²) in [5.74, 6) is 0.534. The zero-order chi connectivity index (χ0) is 18.9. The average Bonchev–Trinajstić information content (AvgIpc) is 2.97. The maximum Gasteiger partial charge on any atom is 0.245 e. The molecule has 0 aliphatic heterocycles. The number of amides is 1. The van der Waals surface area contributed by atoms with Crippen molar-refractivity contribution >= 4 is 21.6 Å². The molecule has 140 valence electrons. The molecule has 1 aliphatic carbocycles. The number of H-pyrrole nitrogens is 1. The largest absolute Gasteiger partial charge is 0.495 e. The van der Waals surface area contributed by atoms with E-state index < -0.39 is 15.6 Å². The molecule has 1 aromatic heterocycles. The normalized spacial score (nSPS) is 16.0. The minimum atomic E-state index is -3.91. The number of carbonyl (C=O) groups excluding carboxylic acids is 1. The number of hydrogen-bond donors (Lipinski definition) is 3. The number of hydrogen-bond acceptors (Lipinski definition) is 5. The quantitative estimate of drug-likeness (QED) is 0.712. The van der Waals surface area contributed by atoms with Crippen LogP contribution in [0.2, 0.25) is 0 Å². The third-order valence-electron chi connectivity index (χ3n) is 4.47. The van der Waals surface area contributed by atoms with Crippen LogP contribution in [0.25, 0.3) is 0 Å². The van der Waals surface area contributed by atoms with Crippen LogP contribution in [0.15, 0.2) is 29.3 Å². The Balaban J connectivity index is 1.98. The van der Waals surface area contributed by atoms with E-state index in [0.717, 1.165) is 12.1 Å². The topological polar surface area (TPSA) is 113 Å². The van der Waals surface area contributed by atoms with Crippen LogP contribution in [0.3, 0.4) is 0 Å². The summed E-state index contributed by atoms with van der Waals surface area (Å²) in [7, 11) is -2.50. The van der Waals surface area contributed by atoms with E-state index in [4.69, 9.17) is 4.74 Å². The second kappa shape index (κ2) is 6.73. The van der Waals surface area contributed by atoms with E-state index in [-0.39, 0.29) is 16.6 Å². The van der Waals surface area contributed by atoms with Crippen molar-refractivity contribution in [1.82, 2.24) is 14.7 Å². The molecule has 1 amide bonds. The third-order valence-corrected chi connectivity index (χ3v) is 6.02. The number of nitrogens with zero attached hydrogens (tertiary/aromatic N) is 1. The van der Waals surface area contributed by atoms with Gasteiger partial charge in [-0.05, 0) is 44.4 Å². The Labute approximate surface area is 152 Å². The molecule has 1 aliphatic rings. The number of aromatic amines is 1. The molecule has 9 heteroatoms. The summed E-state index contributed by atoms with van der Waals surface area (Å²) >= 11 is 0. The first-order valence-corrected chi connectivity index (χ1v) is 9.76. The van der Waals surface area contributed by atoms with E-state index in [2.05, 4.69) is 20.0 Å². The highest BCUT2D eigenvalue weighted by Gasteiger charge is 2.45. The lowest BCUT2D eigenvalue weighted by molar-refractivity contribution is -0.114. The third kappa shape index (κ3) is 3.45. The number of nitrogens with one attached hydrogen (secondary N) is 3. The van der Waals surface area contributed by atoms with Crippen molar-refractivity contribution in [2.45, 2.75) is 43.5 Å². The van der Waals surface area contributed by atoms with Gasteiger partial charge in [-0.15, -0.1) is 0 Å². The molecule has 1 heterocycles. The van der Waals surface area contributed by atoms with Crippen LogP contribution in [0, 0.1) is 6.92 Å². The molecule has 3 rings (SSSR count). The van der Waals surface area contributed by atoms with E-state index in [1.807, 2.05) is 6.92 Å². The standard InChI is InChI=1S/C17H22N4O4S/c1-11-10-18-16(19-11)17(7-4-8-17)21-26(23,24)15-9-13(20-12(2)22)5-6-14(15)25-3/h5-6,9-10,21H,4,7-8H2,1-3H3,(H,18,19)(H,20,22). The first-order chi connectivity index (χ1) is 12.3. The number of benzene rings is 1. The second-order valence-electron chi connectivity index (χ2n) is 6.50. The summed E-state index contributed by atoms with van der Waals surface area (Å²) in [5.41, 5.74) is 0.508. The van der Waals surface area contributed by atoms with Crippen molar-refractivity contribution in [2.24, 2.45) is 0 Å². The van der Waals surface area contributed by atoms with Crippen LogP contribution in [-0.4, -0.2) is 31.4 Å². The van der Waals surface area contributed by atoms with E-state index in [0.29, 0.717) is 24.4 Å². The molecular formula is C17H22N4O4S. The summed E-state index contributed by atoms with van der Waals surface area (Å²) in [6, 6.07) is 4.50. The van der Waals surface area contributed by atoms with Gasteiger partial charge < -0.3 is 15.0 Å². The molecule has 0 saturated heterocycles. The molecule has 0 bridgehead atoms. The van der Waals surface area contributed by atoms with Crippen molar-refractivity contribution < 1.29 is 17.9 Å². The molecule has 3 N–H and O–H groups in total. The number of aryl methyl sites for hydroxylation is 1. The van der Waals surface area contributed by atoms with Crippen molar-refractivity contribution in [3.8, 4) is 5.75 Å². The monoisotopic (exact) mass is 378 g/mol. The maximum atomic E-state index is 13.1. The number of aromatic nitrogens is 2. The molecular weight excluding hydrogens is 356 g/mol. The lowest BCUT2D eigenvalue weighted by atomic mass is 9.77. The van der Waals surface area contributed by atoms with Gasteiger partial charge in [-0.25, -0.2) is 13.4 Å². The molecule has 0 spiro atoms. The van der Waals surface area contributed by atoms with Gasteiger partial charge in [0.15, 0.2) is 0 Å². The van der Waals surface area contributed by atoms with Gasteiger partial charge in [0.25, 0.3) is 0 Å². The van der Waals surface area contributed by atoms with E-state index >= 15 is 0 Å². The molecule has 26 heavy (non-hydrogen) atoms. The fourth-order valence-corrected chi connectivity index (χ4v) is 4.68. The van der Waals surface area contributed by atoms with Gasteiger partial charge in [0.2, 0.25) is 15.9 Å². The Morgan fingerprint density at radius 3 is 2.58 bits per heavy atom. The molecule has 0 atom stereocenters. The van der Waals surface area contributed by atoms with Gasteiger partial charge in [0, 0.05) is 24.5 Å². The van der Waals surface area contributed by atoms with Crippen molar-refractivity contribution in [1.29, 1.82) is 0 Å². The number of rotatable bonds is 6. The Kier molecular flexibility index (Phi) is 4.76. The van der Waals surface area contributed by atoms with Gasteiger partial charge in [-0.3, -0.25) is 4.79 Å². The Morgan fingerprint density at radius 2 is 2.08 bits per heavy atom. The lowest BCUT2D eigenvalue weighted by Gasteiger charge is -2.40. The summed E-state index contributed by atoms with van der Waals surface area (Å²) < 4.78 is 34.2. The first kappa shape index (κ1) is 18.4. The number of imidazole rings is 1. The first-order valence-electron chi connectivity index (χ1n) is 8.27. The predicted octanol–water partition coefficient (Wildman–Crippen LogP) is 2.04. The van der Waals surface area contributed by atoms with Crippen LogP contribution in [0.4, 0.5) is 5.69 Å². The smallest absolute Gasteiger partial charge is 0.245 e. The number of sulfonamides is 1. The minimum absolute atomic E-state index is 0.0270. The van der Waals surface area contributed by atoms with Gasteiger partial charge in [0.1, 0.15) is 16.5 Å². The molecule has 1 aromatic carbocycles. The Morgan fingerprint density at radius 1 is 1.35 bits per heavy atom.